The number of esters is 1. The van der Waals surface area contributed by atoms with E-state index in [4.69, 9.17) is 26.1 Å². The number of rotatable bonds is 7. The van der Waals surface area contributed by atoms with Gasteiger partial charge in [0, 0.05) is 39.8 Å². The number of aromatic nitrogens is 2. The van der Waals surface area contributed by atoms with Gasteiger partial charge in [-0.25, -0.2) is 9.79 Å². The predicted octanol–water partition coefficient (Wildman–Crippen LogP) is 6.62. The van der Waals surface area contributed by atoms with Crippen molar-refractivity contribution in [1.82, 2.24) is 9.13 Å². The minimum absolute atomic E-state index is 0.192. The molecule has 0 spiro atoms. The number of nitrogens with zero attached hydrogens (tertiary/aromatic N) is 3. The van der Waals surface area contributed by atoms with Crippen LogP contribution >= 0.6 is 22.9 Å². The number of methoxy groups -OCH3 is 1. The van der Waals surface area contributed by atoms with E-state index in [1.807, 2.05) is 91.1 Å². The van der Waals surface area contributed by atoms with Crippen LogP contribution in [0.2, 0.25) is 5.02 Å². The second-order valence-corrected chi connectivity index (χ2v) is 12.4. The number of ether oxygens (including phenoxy) is 2. The van der Waals surface area contributed by atoms with Crippen LogP contribution in [0.4, 0.5) is 0 Å². The topological polar surface area (TPSA) is 74.8 Å². The monoisotopic (exact) mass is 647 g/mol. The van der Waals surface area contributed by atoms with E-state index in [1.165, 1.54) is 11.3 Å². The molecular formula is C37H30ClN3O4S. The van der Waals surface area contributed by atoms with Crippen molar-refractivity contribution in [1.29, 1.82) is 0 Å². The van der Waals surface area contributed by atoms with Crippen molar-refractivity contribution in [3.63, 3.8) is 0 Å². The van der Waals surface area contributed by atoms with E-state index < -0.39 is 12.0 Å². The maximum absolute atomic E-state index is 14.5. The summed E-state index contributed by atoms with van der Waals surface area (Å²) in [5, 5.41) is 3.55. The van der Waals surface area contributed by atoms with Crippen molar-refractivity contribution in [3.05, 3.63) is 144 Å². The van der Waals surface area contributed by atoms with Gasteiger partial charge in [-0.3, -0.25) is 9.36 Å². The van der Waals surface area contributed by atoms with Gasteiger partial charge in [-0.15, -0.1) is 0 Å². The first-order valence-electron chi connectivity index (χ1n) is 15.0. The summed E-state index contributed by atoms with van der Waals surface area (Å²) in [5.74, 6) is 0.0538. The first kappa shape index (κ1) is 29.8. The number of benzene rings is 4. The lowest BCUT2D eigenvalue weighted by Gasteiger charge is -2.27. The zero-order chi connectivity index (χ0) is 31.9. The molecule has 0 N–H and O–H groups in total. The molecular weight excluding hydrogens is 618 g/mol. The summed E-state index contributed by atoms with van der Waals surface area (Å²) >= 11 is 7.81. The Bertz CT molecular complexity index is 2380. The van der Waals surface area contributed by atoms with Crippen molar-refractivity contribution >= 4 is 56.7 Å². The standard InChI is InChI=1S/C37H30ClN3O4S/c1-4-45-36(43)32-22(2)39-37-41(34(32)33-27-14-7-5-11-23(27)17-18-30(33)44-3)35(42)31(46-37)19-25-21-40(29-16-10-8-13-26(25)29)20-24-12-6-9-15-28(24)38/h5-19,21,34H,4,20H2,1-3H3/b31-19-/t34-/m0/s1. The largest absolute Gasteiger partial charge is 0.496 e. The van der Waals surface area contributed by atoms with Gasteiger partial charge in [0.05, 0.1) is 29.5 Å². The van der Waals surface area contributed by atoms with Crippen molar-refractivity contribution in [2.75, 3.05) is 13.7 Å². The number of carbonyl (C=O) groups is 1. The minimum Gasteiger partial charge on any atom is -0.496 e. The first-order chi connectivity index (χ1) is 22.4. The second kappa shape index (κ2) is 12.1. The highest BCUT2D eigenvalue weighted by molar-refractivity contribution is 7.07. The Hall–Kier alpha value is -4.92. The SMILES string of the molecule is CCOC(=O)C1=C(C)N=c2s/c(=C\c3cn(Cc4ccccc4Cl)c4ccccc34)c(=O)n2[C@@H]1c1c(OC)ccc2ccccc12. The summed E-state index contributed by atoms with van der Waals surface area (Å²) in [6.07, 6.45) is 3.96. The van der Waals surface area contributed by atoms with Gasteiger partial charge in [0.2, 0.25) is 0 Å². The lowest BCUT2D eigenvalue weighted by atomic mass is 9.90. The fourth-order valence-electron chi connectivity index (χ4n) is 6.27. The molecule has 1 aliphatic rings. The number of carbonyl (C=O) groups excluding carboxylic acids is 1. The van der Waals surface area contributed by atoms with Gasteiger partial charge in [0.15, 0.2) is 4.80 Å². The van der Waals surface area contributed by atoms with E-state index in [0.29, 0.717) is 43.5 Å². The van der Waals surface area contributed by atoms with Crippen LogP contribution in [0.25, 0.3) is 27.8 Å². The Balaban J connectivity index is 1.46. The predicted molar refractivity (Wildman–Crippen MR) is 183 cm³/mol. The van der Waals surface area contributed by atoms with Gasteiger partial charge in [0.1, 0.15) is 11.8 Å². The molecule has 0 fully saturated rings. The number of fused-ring (bicyclic) bond motifs is 3. The Labute approximate surface area is 273 Å². The fraction of sp³-hybridized carbons (Fsp3) is 0.162. The molecule has 1 atom stereocenters. The molecule has 0 unspecified atom stereocenters. The van der Waals surface area contributed by atoms with E-state index in [0.717, 1.165) is 32.8 Å². The summed E-state index contributed by atoms with van der Waals surface area (Å²) < 4.78 is 15.6. The maximum atomic E-state index is 14.5. The smallest absolute Gasteiger partial charge is 0.338 e. The zero-order valence-electron chi connectivity index (χ0n) is 25.5. The maximum Gasteiger partial charge on any atom is 0.338 e. The van der Waals surface area contributed by atoms with Gasteiger partial charge in [-0.05, 0) is 54.5 Å². The highest BCUT2D eigenvalue weighted by Crippen LogP contribution is 2.40. The molecule has 4 aromatic carbocycles. The first-order valence-corrected chi connectivity index (χ1v) is 16.2. The Kier molecular flexibility index (Phi) is 7.84. The van der Waals surface area contributed by atoms with Crippen molar-refractivity contribution in [2.45, 2.75) is 26.4 Å². The molecule has 46 heavy (non-hydrogen) atoms. The molecule has 6 aromatic rings. The van der Waals surface area contributed by atoms with Crippen LogP contribution in [-0.4, -0.2) is 28.8 Å². The molecule has 7 nitrogen and oxygen atoms in total. The van der Waals surface area contributed by atoms with Crippen LogP contribution in [0.1, 0.15) is 36.6 Å². The van der Waals surface area contributed by atoms with Gasteiger partial charge in [-0.1, -0.05) is 89.7 Å². The number of halogens is 1. The minimum atomic E-state index is -0.805. The van der Waals surface area contributed by atoms with Crippen molar-refractivity contribution in [2.24, 2.45) is 4.99 Å². The molecule has 0 radical (unpaired) electrons. The summed E-state index contributed by atoms with van der Waals surface area (Å²) in [4.78, 5) is 33.3. The van der Waals surface area contributed by atoms with Crippen molar-refractivity contribution < 1.29 is 14.3 Å². The van der Waals surface area contributed by atoms with E-state index in [1.54, 1.807) is 25.5 Å². The highest BCUT2D eigenvalue weighted by atomic mass is 35.5. The Morgan fingerprint density at radius 1 is 1.00 bits per heavy atom. The molecule has 3 heterocycles. The van der Waals surface area contributed by atoms with Crippen LogP contribution < -0.4 is 19.6 Å². The second-order valence-electron chi connectivity index (χ2n) is 11.0. The van der Waals surface area contributed by atoms with Gasteiger partial charge >= 0.3 is 5.97 Å². The van der Waals surface area contributed by atoms with Crippen LogP contribution in [0.3, 0.4) is 0 Å². The number of para-hydroxylation sites is 1. The van der Waals surface area contributed by atoms with E-state index in [-0.39, 0.29) is 12.2 Å². The van der Waals surface area contributed by atoms with E-state index >= 15 is 0 Å². The third kappa shape index (κ3) is 5.04. The number of thiazole rings is 1. The summed E-state index contributed by atoms with van der Waals surface area (Å²) in [7, 11) is 1.59. The van der Waals surface area contributed by atoms with Gasteiger partial charge in [0.25, 0.3) is 5.56 Å². The molecule has 7 rings (SSSR count). The fourth-order valence-corrected chi connectivity index (χ4v) is 7.51. The Morgan fingerprint density at radius 3 is 2.52 bits per heavy atom. The number of hydrogen-bond donors (Lipinski definition) is 0. The quantitative estimate of drug-likeness (QED) is 0.183. The lowest BCUT2D eigenvalue weighted by molar-refractivity contribution is -0.139. The van der Waals surface area contributed by atoms with Crippen LogP contribution in [0.5, 0.6) is 5.75 Å². The Morgan fingerprint density at radius 2 is 1.74 bits per heavy atom. The third-order valence-electron chi connectivity index (χ3n) is 8.35. The average Bonchev–Trinajstić information content (AvgIpc) is 3.56. The van der Waals surface area contributed by atoms with Crippen LogP contribution in [-0.2, 0) is 16.1 Å². The molecule has 0 saturated carbocycles. The molecule has 2 aromatic heterocycles. The van der Waals surface area contributed by atoms with Crippen molar-refractivity contribution in [3.8, 4) is 5.75 Å². The normalized spacial score (nSPS) is 14.9. The van der Waals surface area contributed by atoms with Crippen LogP contribution in [0.15, 0.2) is 112 Å². The molecule has 1 aliphatic heterocycles. The molecule has 9 heteroatoms. The highest BCUT2D eigenvalue weighted by Gasteiger charge is 2.36. The van der Waals surface area contributed by atoms with Crippen LogP contribution in [0, 0.1) is 0 Å². The van der Waals surface area contributed by atoms with E-state index in [9.17, 15) is 9.59 Å². The molecule has 0 saturated heterocycles. The third-order valence-corrected chi connectivity index (χ3v) is 9.70. The molecule has 0 aliphatic carbocycles. The average molecular weight is 648 g/mol. The summed E-state index contributed by atoms with van der Waals surface area (Å²) in [5.41, 5.74) is 4.20. The summed E-state index contributed by atoms with van der Waals surface area (Å²) in [6.45, 7) is 4.32. The zero-order valence-corrected chi connectivity index (χ0v) is 27.1. The molecule has 230 valence electrons. The molecule has 0 amide bonds. The number of allylic oxidation sites excluding steroid dienone is 1. The van der Waals surface area contributed by atoms with Gasteiger partial charge < -0.3 is 14.0 Å². The number of hydrogen-bond acceptors (Lipinski definition) is 6. The van der Waals surface area contributed by atoms with E-state index in [2.05, 4.69) is 10.6 Å². The lowest BCUT2D eigenvalue weighted by Crippen LogP contribution is -2.40. The van der Waals surface area contributed by atoms with Gasteiger partial charge in [-0.2, -0.15) is 0 Å². The molecule has 0 bridgehead atoms. The summed E-state index contributed by atoms with van der Waals surface area (Å²) in [6, 6.07) is 26.8.